The van der Waals surface area contributed by atoms with Gasteiger partial charge in [-0.05, 0) is 43.5 Å². The van der Waals surface area contributed by atoms with E-state index >= 15 is 0 Å². The predicted molar refractivity (Wildman–Crippen MR) is 113 cm³/mol. The van der Waals surface area contributed by atoms with E-state index in [-0.39, 0.29) is 17.9 Å². The molecule has 5 nitrogen and oxygen atoms in total. The Balaban J connectivity index is 1.54. The number of hydrogen-bond donors (Lipinski definition) is 2. The second kappa shape index (κ2) is 9.99. The van der Waals surface area contributed by atoms with Crippen LogP contribution in [0.5, 0.6) is 0 Å². The van der Waals surface area contributed by atoms with Crippen LogP contribution in [0.3, 0.4) is 0 Å². The minimum atomic E-state index is -0.305. The topological polar surface area (TPSA) is 67.4 Å². The molecule has 2 N–H and O–H groups in total. The van der Waals surface area contributed by atoms with Gasteiger partial charge >= 0.3 is 0 Å². The van der Waals surface area contributed by atoms with Crippen LogP contribution in [0, 0.1) is 0 Å². The Labute approximate surface area is 169 Å². The molecule has 0 saturated heterocycles. The standard InChI is InChI=1S/C22H24N2O3S/c1-16(10-11-17-6-3-2-4-7-17)23-21(25)18-8-5-9-19(14-18)24-22(26)20-15-28-13-12-27-20/h2-9,14-16H,10-13H2,1H3,(H,23,25)(H,24,26). The monoisotopic (exact) mass is 396 g/mol. The Kier molecular flexibility index (Phi) is 7.14. The molecule has 2 amide bonds. The van der Waals surface area contributed by atoms with Crippen molar-refractivity contribution in [2.75, 3.05) is 17.7 Å². The van der Waals surface area contributed by atoms with Gasteiger partial charge in [0.05, 0.1) is 6.61 Å². The average molecular weight is 397 g/mol. The summed E-state index contributed by atoms with van der Waals surface area (Å²) in [4.78, 5) is 24.8. The first kappa shape index (κ1) is 20.0. The third-order valence-corrected chi connectivity index (χ3v) is 5.12. The van der Waals surface area contributed by atoms with Crippen molar-refractivity contribution < 1.29 is 14.3 Å². The van der Waals surface area contributed by atoms with E-state index in [0.717, 1.165) is 18.6 Å². The van der Waals surface area contributed by atoms with Crippen LogP contribution in [0.15, 0.2) is 65.8 Å². The van der Waals surface area contributed by atoms with E-state index in [2.05, 4.69) is 22.8 Å². The van der Waals surface area contributed by atoms with E-state index in [1.807, 2.05) is 25.1 Å². The van der Waals surface area contributed by atoms with Gasteiger partial charge in [0.25, 0.3) is 11.8 Å². The molecule has 1 aliphatic rings. The van der Waals surface area contributed by atoms with E-state index in [1.54, 1.807) is 41.4 Å². The van der Waals surface area contributed by atoms with Crippen LogP contribution in [-0.4, -0.2) is 30.2 Å². The molecule has 0 bridgehead atoms. The third-order valence-electron chi connectivity index (χ3n) is 4.34. The second-order valence-corrected chi connectivity index (χ2v) is 7.61. The zero-order chi connectivity index (χ0) is 19.8. The van der Waals surface area contributed by atoms with Crippen molar-refractivity contribution in [2.45, 2.75) is 25.8 Å². The number of rotatable bonds is 7. The summed E-state index contributed by atoms with van der Waals surface area (Å²) in [6.45, 7) is 2.52. The van der Waals surface area contributed by atoms with Gasteiger partial charge in [0.1, 0.15) is 0 Å². The van der Waals surface area contributed by atoms with Crippen molar-refractivity contribution in [3.63, 3.8) is 0 Å². The van der Waals surface area contributed by atoms with Gasteiger partial charge in [-0.1, -0.05) is 36.4 Å². The molecule has 0 saturated carbocycles. The van der Waals surface area contributed by atoms with Crippen LogP contribution >= 0.6 is 11.8 Å². The molecule has 6 heteroatoms. The van der Waals surface area contributed by atoms with Gasteiger partial charge < -0.3 is 15.4 Å². The average Bonchev–Trinajstić information content (AvgIpc) is 2.74. The van der Waals surface area contributed by atoms with Gasteiger partial charge in [-0.2, -0.15) is 0 Å². The zero-order valence-electron chi connectivity index (χ0n) is 15.8. The van der Waals surface area contributed by atoms with Crippen LogP contribution in [0.2, 0.25) is 0 Å². The molecule has 1 atom stereocenters. The fraction of sp³-hybridized carbons (Fsp3) is 0.273. The Bertz CT molecular complexity index is 852. The van der Waals surface area contributed by atoms with Crippen molar-refractivity contribution in [1.82, 2.24) is 5.32 Å². The van der Waals surface area contributed by atoms with Crippen LogP contribution in [0.4, 0.5) is 5.69 Å². The maximum atomic E-state index is 12.5. The molecule has 0 fully saturated rings. The molecular weight excluding hydrogens is 372 g/mol. The molecule has 0 aromatic heterocycles. The maximum Gasteiger partial charge on any atom is 0.291 e. The third kappa shape index (κ3) is 5.89. The van der Waals surface area contributed by atoms with Crippen molar-refractivity contribution >= 4 is 29.3 Å². The highest BCUT2D eigenvalue weighted by Gasteiger charge is 2.16. The number of benzene rings is 2. The highest BCUT2D eigenvalue weighted by molar-refractivity contribution is 8.02. The number of ether oxygens (including phenoxy) is 1. The molecule has 2 aromatic carbocycles. The predicted octanol–water partition coefficient (Wildman–Crippen LogP) is 3.98. The molecule has 28 heavy (non-hydrogen) atoms. The number of thioether (sulfide) groups is 1. The molecule has 2 aromatic rings. The SMILES string of the molecule is CC(CCc1ccccc1)NC(=O)c1cccc(NC(=O)C2=CSCCO2)c1. The van der Waals surface area contributed by atoms with Crippen LogP contribution < -0.4 is 10.6 Å². The lowest BCUT2D eigenvalue weighted by Crippen LogP contribution is -2.33. The molecule has 0 aliphatic carbocycles. The van der Waals surface area contributed by atoms with Crippen LogP contribution in [-0.2, 0) is 16.0 Å². The van der Waals surface area contributed by atoms with Gasteiger partial charge in [0.15, 0.2) is 5.76 Å². The largest absolute Gasteiger partial charge is 0.487 e. The molecule has 1 heterocycles. The molecule has 3 rings (SSSR count). The van der Waals surface area contributed by atoms with Crippen LogP contribution in [0.1, 0.15) is 29.3 Å². The smallest absolute Gasteiger partial charge is 0.291 e. The van der Waals surface area contributed by atoms with E-state index in [0.29, 0.717) is 23.6 Å². The summed E-state index contributed by atoms with van der Waals surface area (Å²) in [5.74, 6) is 0.691. The molecule has 146 valence electrons. The molecular formula is C22H24N2O3S. The van der Waals surface area contributed by atoms with Gasteiger partial charge in [-0.15, -0.1) is 11.8 Å². The number of carbonyl (C=O) groups excluding carboxylic acids is 2. The van der Waals surface area contributed by atoms with Gasteiger partial charge in [-0.3, -0.25) is 9.59 Å². The van der Waals surface area contributed by atoms with Gasteiger partial charge in [-0.25, -0.2) is 0 Å². The summed E-state index contributed by atoms with van der Waals surface area (Å²) < 4.78 is 5.35. The first-order valence-electron chi connectivity index (χ1n) is 9.32. The minimum Gasteiger partial charge on any atom is -0.487 e. The summed E-state index contributed by atoms with van der Waals surface area (Å²) in [5, 5.41) is 7.51. The lowest BCUT2D eigenvalue weighted by molar-refractivity contribution is -0.116. The summed E-state index contributed by atoms with van der Waals surface area (Å²) >= 11 is 1.55. The number of amides is 2. The lowest BCUT2D eigenvalue weighted by atomic mass is 10.1. The molecule has 1 aliphatic heterocycles. The first-order chi connectivity index (χ1) is 13.6. The highest BCUT2D eigenvalue weighted by Crippen LogP contribution is 2.18. The summed E-state index contributed by atoms with van der Waals surface area (Å²) in [5.41, 5.74) is 2.33. The fourth-order valence-electron chi connectivity index (χ4n) is 2.83. The quantitative estimate of drug-likeness (QED) is 0.743. The number of nitrogens with one attached hydrogen (secondary N) is 2. The number of anilines is 1. The van der Waals surface area contributed by atoms with Gasteiger partial charge in [0.2, 0.25) is 0 Å². The highest BCUT2D eigenvalue weighted by atomic mass is 32.2. The number of aryl methyl sites for hydroxylation is 1. The Hall–Kier alpha value is -2.73. The molecule has 0 spiro atoms. The van der Waals surface area contributed by atoms with Crippen LogP contribution in [0.25, 0.3) is 0 Å². The first-order valence-corrected chi connectivity index (χ1v) is 10.4. The summed E-state index contributed by atoms with van der Waals surface area (Å²) in [6.07, 6.45) is 1.76. The molecule has 1 unspecified atom stereocenters. The Morgan fingerprint density at radius 3 is 2.68 bits per heavy atom. The summed E-state index contributed by atoms with van der Waals surface area (Å²) in [7, 11) is 0. The summed E-state index contributed by atoms with van der Waals surface area (Å²) in [6, 6.07) is 17.2. The number of hydrogen-bond acceptors (Lipinski definition) is 4. The van der Waals surface area contributed by atoms with E-state index in [1.165, 1.54) is 5.56 Å². The van der Waals surface area contributed by atoms with E-state index in [4.69, 9.17) is 4.74 Å². The number of carbonyl (C=O) groups is 2. The van der Waals surface area contributed by atoms with Gasteiger partial charge in [0, 0.05) is 28.5 Å². The van der Waals surface area contributed by atoms with E-state index in [9.17, 15) is 9.59 Å². The Morgan fingerprint density at radius 2 is 1.93 bits per heavy atom. The second-order valence-electron chi connectivity index (χ2n) is 6.64. The van der Waals surface area contributed by atoms with Crippen molar-refractivity contribution in [2.24, 2.45) is 0 Å². The Morgan fingerprint density at radius 1 is 1.11 bits per heavy atom. The van der Waals surface area contributed by atoms with Crippen molar-refractivity contribution in [3.05, 3.63) is 76.9 Å². The fourth-order valence-corrected chi connectivity index (χ4v) is 3.45. The van der Waals surface area contributed by atoms with Crippen molar-refractivity contribution in [1.29, 1.82) is 0 Å². The maximum absolute atomic E-state index is 12.5. The zero-order valence-corrected chi connectivity index (χ0v) is 16.6. The normalized spacial score (nSPS) is 14.4. The van der Waals surface area contributed by atoms with E-state index < -0.39 is 0 Å². The lowest BCUT2D eigenvalue weighted by Gasteiger charge is -2.16. The minimum absolute atomic E-state index is 0.0452. The molecule has 0 radical (unpaired) electrons. The van der Waals surface area contributed by atoms with Crippen molar-refractivity contribution in [3.8, 4) is 0 Å².